The largest absolute Gasteiger partial charge is 0.481 e. The third-order valence-electron chi connectivity index (χ3n) is 3.05. The average Bonchev–Trinajstić information content (AvgIpc) is 2.99. The Morgan fingerprint density at radius 3 is 3.09 bits per heavy atom. The van der Waals surface area contributed by atoms with Gasteiger partial charge in [-0.1, -0.05) is 12.0 Å². The minimum Gasteiger partial charge on any atom is -0.481 e. The second-order valence-electron chi connectivity index (χ2n) is 4.71. The third-order valence-corrected chi connectivity index (χ3v) is 3.05. The average molecular weight is 307 g/mol. The lowest BCUT2D eigenvalue weighted by Crippen LogP contribution is -2.14. The summed E-state index contributed by atoms with van der Waals surface area (Å²) in [7, 11) is 0. The lowest BCUT2D eigenvalue weighted by molar-refractivity contribution is 0.101. The summed E-state index contributed by atoms with van der Waals surface area (Å²) in [6.07, 6.45) is 6.77. The van der Waals surface area contributed by atoms with E-state index in [0.29, 0.717) is 17.2 Å². The molecule has 0 fully saturated rings. The monoisotopic (exact) mass is 307 g/mol. The van der Waals surface area contributed by atoms with Gasteiger partial charge in [0.25, 0.3) is 11.7 Å². The van der Waals surface area contributed by atoms with E-state index in [1.807, 2.05) is 6.92 Å². The van der Waals surface area contributed by atoms with Gasteiger partial charge in [-0.3, -0.25) is 4.79 Å². The number of aromatic nitrogens is 4. The summed E-state index contributed by atoms with van der Waals surface area (Å²) in [6.45, 7) is 2.02. The molecule has 1 aromatic carbocycles. The third kappa shape index (κ3) is 3.11. The van der Waals surface area contributed by atoms with Crippen LogP contribution in [0.4, 0.5) is 5.69 Å². The molecule has 0 aliphatic heterocycles. The molecule has 2 heterocycles. The van der Waals surface area contributed by atoms with Crippen LogP contribution in [0.3, 0.4) is 0 Å². The molecular weight excluding hydrogens is 294 g/mol. The van der Waals surface area contributed by atoms with Crippen molar-refractivity contribution in [1.29, 1.82) is 0 Å². The van der Waals surface area contributed by atoms with Gasteiger partial charge in [0.2, 0.25) is 5.82 Å². The van der Waals surface area contributed by atoms with E-state index in [4.69, 9.17) is 11.2 Å². The number of rotatable bonds is 4. The predicted molar refractivity (Wildman–Crippen MR) is 84.2 cm³/mol. The number of nitrogens with one attached hydrogen (secondary N) is 1. The fourth-order valence-electron chi connectivity index (χ4n) is 1.98. The summed E-state index contributed by atoms with van der Waals surface area (Å²) in [4.78, 5) is 20.5. The maximum Gasteiger partial charge on any atom is 0.295 e. The van der Waals surface area contributed by atoms with E-state index in [9.17, 15) is 4.79 Å². The van der Waals surface area contributed by atoms with Crippen molar-refractivity contribution in [3.8, 4) is 18.1 Å². The first-order valence-electron chi connectivity index (χ1n) is 6.83. The standard InChI is InChI=1S/C16H13N5O2/c1-3-9-23-13-6-4-5-12(10-13)18-15(22)14-19-16-17-8-7-11(2)21(16)20-14/h1,4-8,10H,9H2,2H3,(H,18,22). The second-order valence-corrected chi connectivity index (χ2v) is 4.71. The molecular formula is C16H13N5O2. The fourth-order valence-corrected chi connectivity index (χ4v) is 1.98. The first-order valence-corrected chi connectivity index (χ1v) is 6.83. The lowest BCUT2D eigenvalue weighted by Gasteiger charge is -2.06. The van der Waals surface area contributed by atoms with Crippen LogP contribution in [0.1, 0.15) is 16.3 Å². The van der Waals surface area contributed by atoms with Crippen molar-refractivity contribution in [3.05, 3.63) is 48.0 Å². The minimum atomic E-state index is -0.427. The fraction of sp³-hybridized carbons (Fsp3) is 0.125. The molecule has 7 heteroatoms. The summed E-state index contributed by atoms with van der Waals surface area (Å²) in [5.74, 6) is 2.95. The molecule has 0 aliphatic rings. The zero-order chi connectivity index (χ0) is 16.2. The number of carbonyl (C=O) groups is 1. The number of hydrogen-bond acceptors (Lipinski definition) is 5. The Morgan fingerprint density at radius 2 is 2.30 bits per heavy atom. The van der Waals surface area contributed by atoms with Gasteiger partial charge in [-0.05, 0) is 25.1 Å². The minimum absolute atomic E-state index is 0.0433. The number of ether oxygens (including phenoxy) is 1. The van der Waals surface area contributed by atoms with Crippen LogP contribution in [0.15, 0.2) is 36.5 Å². The maximum atomic E-state index is 12.3. The first-order chi connectivity index (χ1) is 11.2. The van der Waals surface area contributed by atoms with Crippen molar-refractivity contribution in [2.75, 3.05) is 11.9 Å². The number of terminal acetylenes is 1. The summed E-state index contributed by atoms with van der Waals surface area (Å²) in [6, 6.07) is 8.71. The summed E-state index contributed by atoms with van der Waals surface area (Å²) < 4.78 is 6.83. The number of carbonyl (C=O) groups excluding carboxylic acids is 1. The molecule has 0 saturated heterocycles. The summed E-state index contributed by atoms with van der Waals surface area (Å²) >= 11 is 0. The Bertz CT molecular complexity index is 910. The van der Waals surface area contributed by atoms with Crippen LogP contribution in [-0.2, 0) is 0 Å². The van der Waals surface area contributed by atoms with E-state index < -0.39 is 5.91 Å². The summed E-state index contributed by atoms with van der Waals surface area (Å²) in [5.41, 5.74) is 1.40. The molecule has 1 amide bonds. The van der Waals surface area contributed by atoms with Crippen LogP contribution in [-0.4, -0.2) is 32.1 Å². The SMILES string of the molecule is C#CCOc1cccc(NC(=O)c2nc3nccc(C)n3n2)c1. The smallest absolute Gasteiger partial charge is 0.295 e. The molecule has 0 aliphatic carbocycles. The Kier molecular flexibility index (Phi) is 3.89. The highest BCUT2D eigenvalue weighted by Crippen LogP contribution is 2.17. The molecule has 0 spiro atoms. The molecule has 2 aromatic heterocycles. The van der Waals surface area contributed by atoms with Crippen molar-refractivity contribution in [1.82, 2.24) is 19.6 Å². The highest BCUT2D eigenvalue weighted by Gasteiger charge is 2.14. The normalized spacial score (nSPS) is 10.3. The van der Waals surface area contributed by atoms with Crippen molar-refractivity contribution in [3.63, 3.8) is 0 Å². The zero-order valence-electron chi connectivity index (χ0n) is 12.4. The van der Waals surface area contributed by atoms with Crippen LogP contribution in [0.25, 0.3) is 5.78 Å². The highest BCUT2D eigenvalue weighted by atomic mass is 16.5. The number of hydrogen-bond donors (Lipinski definition) is 1. The van der Waals surface area contributed by atoms with Gasteiger partial charge in [-0.2, -0.15) is 4.98 Å². The Hall–Kier alpha value is -3.40. The zero-order valence-corrected chi connectivity index (χ0v) is 12.4. The van der Waals surface area contributed by atoms with Crippen molar-refractivity contribution < 1.29 is 9.53 Å². The van der Waals surface area contributed by atoms with Crippen molar-refractivity contribution >= 4 is 17.4 Å². The number of fused-ring (bicyclic) bond motifs is 1. The van der Waals surface area contributed by atoms with Crippen LogP contribution >= 0.6 is 0 Å². The van der Waals surface area contributed by atoms with Crippen LogP contribution in [0.2, 0.25) is 0 Å². The Morgan fingerprint density at radius 1 is 1.43 bits per heavy atom. The number of anilines is 1. The van der Waals surface area contributed by atoms with Gasteiger partial charge < -0.3 is 10.1 Å². The van der Waals surface area contributed by atoms with E-state index in [0.717, 1.165) is 5.69 Å². The molecule has 1 N–H and O–H groups in total. The number of aryl methyl sites for hydroxylation is 1. The molecule has 0 atom stereocenters. The predicted octanol–water partition coefficient (Wildman–Crippen LogP) is 1.70. The molecule has 3 aromatic rings. The molecule has 0 unspecified atom stereocenters. The lowest BCUT2D eigenvalue weighted by atomic mass is 10.3. The highest BCUT2D eigenvalue weighted by molar-refractivity contribution is 6.01. The van der Waals surface area contributed by atoms with Gasteiger partial charge in [-0.25, -0.2) is 9.50 Å². The molecule has 7 nitrogen and oxygen atoms in total. The summed E-state index contributed by atoms with van der Waals surface area (Å²) in [5, 5.41) is 6.87. The Balaban J connectivity index is 1.80. The van der Waals surface area contributed by atoms with E-state index >= 15 is 0 Å². The molecule has 0 bridgehead atoms. The molecule has 3 rings (SSSR count). The van der Waals surface area contributed by atoms with Crippen molar-refractivity contribution in [2.45, 2.75) is 6.92 Å². The van der Waals surface area contributed by atoms with Crippen LogP contribution < -0.4 is 10.1 Å². The van der Waals surface area contributed by atoms with E-state index in [2.05, 4.69) is 26.3 Å². The second kappa shape index (κ2) is 6.15. The van der Waals surface area contributed by atoms with E-state index in [1.165, 1.54) is 4.52 Å². The quantitative estimate of drug-likeness (QED) is 0.742. The maximum absolute atomic E-state index is 12.3. The van der Waals surface area contributed by atoms with Crippen LogP contribution in [0.5, 0.6) is 5.75 Å². The van der Waals surface area contributed by atoms with Gasteiger partial charge in [0.1, 0.15) is 12.4 Å². The first kappa shape index (κ1) is 14.5. The van der Waals surface area contributed by atoms with E-state index in [-0.39, 0.29) is 12.4 Å². The van der Waals surface area contributed by atoms with Gasteiger partial charge in [-0.15, -0.1) is 11.5 Å². The molecule has 114 valence electrons. The number of amides is 1. The number of benzene rings is 1. The molecule has 23 heavy (non-hydrogen) atoms. The van der Waals surface area contributed by atoms with Gasteiger partial charge in [0.05, 0.1) is 0 Å². The molecule has 0 radical (unpaired) electrons. The number of nitrogens with zero attached hydrogens (tertiary/aromatic N) is 4. The Labute approximate surface area is 132 Å². The molecule has 0 saturated carbocycles. The van der Waals surface area contributed by atoms with Crippen molar-refractivity contribution in [2.24, 2.45) is 0 Å². The van der Waals surface area contributed by atoms with Gasteiger partial charge in [0, 0.05) is 23.6 Å². The van der Waals surface area contributed by atoms with Gasteiger partial charge in [0.15, 0.2) is 0 Å². The topological polar surface area (TPSA) is 81.4 Å². The van der Waals surface area contributed by atoms with Crippen LogP contribution in [0, 0.1) is 19.3 Å². The van der Waals surface area contributed by atoms with E-state index in [1.54, 1.807) is 36.5 Å². The van der Waals surface area contributed by atoms with Gasteiger partial charge >= 0.3 is 0 Å².